The summed E-state index contributed by atoms with van der Waals surface area (Å²) in [6.45, 7) is 0. The summed E-state index contributed by atoms with van der Waals surface area (Å²) in [5.74, 6) is 0.844. The Kier molecular flexibility index (Phi) is 0.913. The summed E-state index contributed by atoms with van der Waals surface area (Å²) >= 11 is 0. The Morgan fingerprint density at radius 1 is 1.33 bits per heavy atom. The average molecular weight is 156 g/mol. The molecule has 0 saturated carbocycles. The number of nitrogens with one attached hydrogen (secondary N) is 1. The van der Waals surface area contributed by atoms with Crippen molar-refractivity contribution in [3.8, 4) is 0 Å². The number of H-pyrrole nitrogens is 1. The lowest BCUT2D eigenvalue weighted by Gasteiger charge is -1.85. The van der Waals surface area contributed by atoms with Crippen LogP contribution in [0.3, 0.4) is 0 Å². The van der Waals surface area contributed by atoms with Crippen molar-refractivity contribution in [2.24, 2.45) is 0 Å². The van der Waals surface area contributed by atoms with Crippen molar-refractivity contribution in [1.82, 2.24) is 14.4 Å². The summed E-state index contributed by atoms with van der Waals surface area (Å²) in [5.41, 5.74) is 2.13. The number of rotatable bonds is 0. The molecule has 0 spiro atoms. The minimum atomic E-state index is 0.844. The second-order valence-electron chi connectivity index (χ2n) is 2.69. The zero-order valence-corrected chi connectivity index (χ0v) is 6.28. The highest BCUT2D eigenvalue weighted by Crippen LogP contribution is 2.13. The van der Waals surface area contributed by atoms with Crippen molar-refractivity contribution in [3.05, 3.63) is 36.7 Å². The SMILES string of the molecule is [c]1cn2c(nc3ccccc32)[nH]1. The fraction of sp³-hybridized carbons (Fsp3) is 0. The Balaban J connectivity index is 2.68. The van der Waals surface area contributed by atoms with Crippen LogP contribution in [-0.4, -0.2) is 14.4 Å². The number of benzene rings is 1. The predicted octanol–water partition coefficient (Wildman–Crippen LogP) is 1.62. The third kappa shape index (κ3) is 0.580. The number of para-hydroxylation sites is 2. The highest BCUT2D eigenvalue weighted by atomic mass is 15.1. The maximum atomic E-state index is 4.35. The van der Waals surface area contributed by atoms with Crippen molar-refractivity contribution in [3.63, 3.8) is 0 Å². The lowest BCUT2D eigenvalue weighted by atomic mass is 10.3. The Morgan fingerprint density at radius 2 is 2.25 bits per heavy atom. The minimum absolute atomic E-state index is 0.844. The predicted molar refractivity (Wildman–Crippen MR) is 45.9 cm³/mol. The second-order valence-corrected chi connectivity index (χ2v) is 2.69. The van der Waals surface area contributed by atoms with E-state index in [1.54, 1.807) is 0 Å². The molecule has 1 aromatic carbocycles. The molecular formula is C9H6N3. The van der Waals surface area contributed by atoms with Crippen molar-refractivity contribution in [2.45, 2.75) is 0 Å². The Morgan fingerprint density at radius 3 is 3.25 bits per heavy atom. The van der Waals surface area contributed by atoms with Gasteiger partial charge in [-0.05, 0) is 12.1 Å². The Labute approximate surface area is 68.7 Å². The van der Waals surface area contributed by atoms with E-state index in [4.69, 9.17) is 0 Å². The van der Waals surface area contributed by atoms with Crippen LogP contribution in [0.5, 0.6) is 0 Å². The van der Waals surface area contributed by atoms with Crippen molar-refractivity contribution >= 4 is 16.8 Å². The van der Waals surface area contributed by atoms with Gasteiger partial charge < -0.3 is 4.98 Å². The highest BCUT2D eigenvalue weighted by Gasteiger charge is 2.01. The molecule has 3 heteroatoms. The van der Waals surface area contributed by atoms with Crippen LogP contribution in [0.15, 0.2) is 30.5 Å². The van der Waals surface area contributed by atoms with Crippen LogP contribution >= 0.6 is 0 Å². The molecule has 0 aliphatic heterocycles. The molecule has 0 bridgehead atoms. The standard InChI is InChI=1S/C9H6N3/c1-2-4-8-7(3-1)11-9-10-5-6-12(8)9/h1-4,6H,(H,10,11). The molecule has 0 aliphatic rings. The first-order chi connectivity index (χ1) is 5.95. The lowest BCUT2D eigenvalue weighted by Crippen LogP contribution is -1.74. The quantitative estimate of drug-likeness (QED) is 0.527. The van der Waals surface area contributed by atoms with Crippen LogP contribution in [0.25, 0.3) is 16.8 Å². The topological polar surface area (TPSA) is 33.1 Å². The number of hydrogen-bond donors (Lipinski definition) is 1. The zero-order chi connectivity index (χ0) is 7.97. The smallest absolute Gasteiger partial charge is 0.212 e. The summed E-state index contributed by atoms with van der Waals surface area (Å²) in [6, 6.07) is 8.02. The van der Waals surface area contributed by atoms with Crippen LogP contribution < -0.4 is 0 Å². The molecule has 3 rings (SSSR count). The molecule has 0 amide bonds. The second kappa shape index (κ2) is 1.88. The van der Waals surface area contributed by atoms with Crippen LogP contribution in [0.2, 0.25) is 0 Å². The van der Waals surface area contributed by atoms with Crippen LogP contribution in [0, 0.1) is 6.20 Å². The molecule has 2 heterocycles. The van der Waals surface area contributed by atoms with Gasteiger partial charge >= 0.3 is 0 Å². The highest BCUT2D eigenvalue weighted by molar-refractivity contribution is 5.79. The van der Waals surface area contributed by atoms with E-state index in [1.807, 2.05) is 34.9 Å². The molecule has 12 heavy (non-hydrogen) atoms. The molecule has 0 atom stereocenters. The fourth-order valence-electron chi connectivity index (χ4n) is 1.42. The molecule has 57 valence electrons. The summed E-state index contributed by atoms with van der Waals surface area (Å²) < 4.78 is 1.98. The third-order valence-electron chi connectivity index (χ3n) is 1.97. The van der Waals surface area contributed by atoms with Crippen LogP contribution in [-0.2, 0) is 0 Å². The molecule has 1 N–H and O–H groups in total. The van der Waals surface area contributed by atoms with E-state index in [0.29, 0.717) is 0 Å². The van der Waals surface area contributed by atoms with Gasteiger partial charge in [0.15, 0.2) is 0 Å². The lowest BCUT2D eigenvalue weighted by molar-refractivity contribution is 1.25. The minimum Gasteiger partial charge on any atom is -0.322 e. The van der Waals surface area contributed by atoms with Gasteiger partial charge in [0.1, 0.15) is 0 Å². The molecule has 1 radical (unpaired) electrons. The summed E-state index contributed by atoms with van der Waals surface area (Å²) in [4.78, 5) is 7.29. The summed E-state index contributed by atoms with van der Waals surface area (Å²) in [5, 5.41) is 0. The van der Waals surface area contributed by atoms with Crippen molar-refractivity contribution in [1.29, 1.82) is 0 Å². The molecule has 2 aromatic heterocycles. The summed E-state index contributed by atoms with van der Waals surface area (Å²) in [7, 11) is 0. The van der Waals surface area contributed by atoms with Crippen LogP contribution in [0.4, 0.5) is 0 Å². The first kappa shape index (κ1) is 5.83. The van der Waals surface area contributed by atoms with Gasteiger partial charge in [-0.1, -0.05) is 12.1 Å². The molecule has 0 aliphatic carbocycles. The fourth-order valence-corrected chi connectivity index (χ4v) is 1.42. The van der Waals surface area contributed by atoms with E-state index >= 15 is 0 Å². The first-order valence-corrected chi connectivity index (χ1v) is 3.77. The third-order valence-corrected chi connectivity index (χ3v) is 1.97. The maximum absolute atomic E-state index is 4.35. The molecule has 0 fully saturated rings. The van der Waals surface area contributed by atoms with E-state index in [1.165, 1.54) is 0 Å². The number of fused-ring (bicyclic) bond motifs is 3. The normalized spacial score (nSPS) is 11.3. The Bertz CT molecular complexity index is 532. The van der Waals surface area contributed by atoms with Crippen molar-refractivity contribution < 1.29 is 0 Å². The van der Waals surface area contributed by atoms with Gasteiger partial charge in [0, 0.05) is 6.20 Å². The van der Waals surface area contributed by atoms with E-state index in [2.05, 4.69) is 16.2 Å². The Hall–Kier alpha value is -1.77. The number of aromatic nitrogens is 3. The average Bonchev–Trinajstić information content (AvgIpc) is 2.62. The van der Waals surface area contributed by atoms with Gasteiger partial charge in [-0.15, -0.1) is 0 Å². The van der Waals surface area contributed by atoms with E-state index in [9.17, 15) is 0 Å². The van der Waals surface area contributed by atoms with Crippen molar-refractivity contribution in [2.75, 3.05) is 0 Å². The first-order valence-electron chi connectivity index (χ1n) is 3.77. The van der Waals surface area contributed by atoms with E-state index in [-0.39, 0.29) is 0 Å². The number of imidazole rings is 2. The number of aromatic amines is 1. The van der Waals surface area contributed by atoms with Gasteiger partial charge in [-0.3, -0.25) is 4.40 Å². The molecule has 3 aromatic rings. The zero-order valence-electron chi connectivity index (χ0n) is 6.28. The molecule has 3 nitrogen and oxygen atoms in total. The monoisotopic (exact) mass is 156 g/mol. The van der Waals surface area contributed by atoms with Gasteiger partial charge in [0.2, 0.25) is 5.78 Å². The van der Waals surface area contributed by atoms with Gasteiger partial charge in [-0.2, -0.15) is 0 Å². The van der Waals surface area contributed by atoms with E-state index < -0.39 is 0 Å². The van der Waals surface area contributed by atoms with Gasteiger partial charge in [0.05, 0.1) is 17.2 Å². The van der Waals surface area contributed by atoms with Gasteiger partial charge in [0.25, 0.3) is 0 Å². The molecule has 0 unspecified atom stereocenters. The largest absolute Gasteiger partial charge is 0.322 e. The molecule has 0 saturated heterocycles. The number of hydrogen-bond acceptors (Lipinski definition) is 1. The van der Waals surface area contributed by atoms with Gasteiger partial charge in [-0.25, -0.2) is 4.98 Å². The maximum Gasteiger partial charge on any atom is 0.212 e. The van der Waals surface area contributed by atoms with E-state index in [0.717, 1.165) is 16.8 Å². The number of nitrogens with zero attached hydrogens (tertiary/aromatic N) is 2. The van der Waals surface area contributed by atoms with Crippen LogP contribution in [0.1, 0.15) is 0 Å². The molecular weight excluding hydrogens is 150 g/mol. The summed E-state index contributed by atoms with van der Waals surface area (Å²) in [6.07, 6.45) is 4.74.